The third-order valence-electron chi connectivity index (χ3n) is 19.6. The molecule has 1 aliphatic rings. The first-order valence-electron chi connectivity index (χ1n) is 34.7. The minimum Gasteiger partial charge on any atom is -0.456 e. The van der Waals surface area contributed by atoms with Gasteiger partial charge in [-0.05, 0) is 120 Å². The second-order valence-corrected chi connectivity index (χ2v) is 27.3. The van der Waals surface area contributed by atoms with Crippen LogP contribution in [0, 0.1) is 0 Å². The number of halogens is 1. The Morgan fingerprint density at radius 3 is 1.03 bits per heavy atom. The summed E-state index contributed by atoms with van der Waals surface area (Å²) in [5.41, 5.74) is 15.8. The number of furan rings is 2. The predicted molar refractivity (Wildman–Crippen MR) is 425 cm³/mol. The van der Waals surface area contributed by atoms with Crippen LogP contribution in [0.4, 0.5) is 0 Å². The zero-order valence-electron chi connectivity index (χ0n) is 57.4. The molecule has 104 heavy (non-hydrogen) atoms. The van der Waals surface area contributed by atoms with Gasteiger partial charge in [-0.1, -0.05) is 297 Å². The fraction of sp³-hybridized carbons (Fsp3) is 0.0652. The van der Waals surface area contributed by atoms with E-state index in [2.05, 4.69) is 185 Å². The van der Waals surface area contributed by atoms with E-state index in [1.165, 1.54) is 21.5 Å². The fourth-order valence-electron chi connectivity index (χ4n) is 13.6. The maximum atomic E-state index is 6.54. The summed E-state index contributed by atoms with van der Waals surface area (Å²) in [6.07, 6.45) is 0. The van der Waals surface area contributed by atoms with E-state index in [9.17, 15) is 0 Å². The van der Waals surface area contributed by atoms with E-state index < -0.39 is 7.12 Å². The molecule has 19 rings (SSSR count). The van der Waals surface area contributed by atoms with Gasteiger partial charge in [-0.25, -0.2) is 29.9 Å². The van der Waals surface area contributed by atoms with E-state index in [1.54, 1.807) is 0 Å². The Labute approximate surface area is 607 Å². The van der Waals surface area contributed by atoms with Gasteiger partial charge in [-0.3, -0.25) is 0 Å². The van der Waals surface area contributed by atoms with Gasteiger partial charge in [0.1, 0.15) is 22.3 Å². The van der Waals surface area contributed by atoms with Crippen molar-refractivity contribution >= 4 is 89.6 Å². The van der Waals surface area contributed by atoms with Gasteiger partial charge in [0.05, 0.1) is 11.2 Å². The highest BCUT2D eigenvalue weighted by molar-refractivity contribution is 6.65. The molecule has 10 nitrogen and oxygen atoms in total. The highest BCUT2D eigenvalue weighted by Crippen LogP contribution is 2.43. The van der Waals surface area contributed by atoms with Crippen LogP contribution in [0.5, 0.6) is 0 Å². The van der Waals surface area contributed by atoms with Crippen molar-refractivity contribution in [3.05, 3.63) is 333 Å². The molecular weight excluding hydrogens is 1300 g/mol. The van der Waals surface area contributed by atoms with Gasteiger partial charge in [-0.2, -0.15) is 0 Å². The molecule has 12 heteroatoms. The van der Waals surface area contributed by atoms with Crippen LogP contribution in [-0.2, 0) is 9.31 Å². The third-order valence-corrected chi connectivity index (χ3v) is 19.9. The van der Waals surface area contributed by atoms with E-state index in [0.29, 0.717) is 40.0 Å². The molecule has 18 aromatic rings. The van der Waals surface area contributed by atoms with Crippen molar-refractivity contribution in [3.63, 3.8) is 0 Å². The smallest absolute Gasteiger partial charge is 0.456 e. The summed E-state index contributed by atoms with van der Waals surface area (Å²) in [5.74, 6) is 3.86. The highest BCUT2D eigenvalue weighted by Gasteiger charge is 2.52. The number of hydrogen-bond donors (Lipinski definition) is 0. The number of aromatic nitrogens is 6. The first kappa shape index (κ1) is 64.8. The summed E-state index contributed by atoms with van der Waals surface area (Å²) < 4.78 is 25.3. The van der Waals surface area contributed by atoms with Gasteiger partial charge in [0.2, 0.25) is 0 Å². The first-order chi connectivity index (χ1) is 50.9. The number of fused-ring (bicyclic) bond motifs is 10. The van der Waals surface area contributed by atoms with Gasteiger partial charge >= 0.3 is 7.12 Å². The summed E-state index contributed by atoms with van der Waals surface area (Å²) in [7, 11) is -0.435. The molecule has 0 bridgehead atoms. The van der Waals surface area contributed by atoms with Crippen LogP contribution < -0.4 is 5.46 Å². The molecule has 0 spiro atoms. The molecule has 498 valence electrons. The average molecular weight is 1370 g/mol. The average Bonchev–Trinajstić information content (AvgIpc) is 1.58. The molecule has 0 aliphatic carbocycles. The SMILES string of the molecule is CC1(C)OB(c2cccc3c2oc2ccc4ccccc4c23)OC1(C)C.Clc1cccc(-c2cccc(-c3nc(-c4ccccc4)nc(-c4ccccc4)n3)c2)c1.c1ccc(-c2nc(-c3ccccc3)nc(-c3cccc(-c4cccc(-c5cccc6c5oc5ccc7ccccc7c56)c4)c3)n2)cc1. The molecule has 0 saturated carbocycles. The Hall–Kier alpha value is -12.5. The maximum absolute atomic E-state index is 6.54. The Bertz CT molecular complexity index is 6100. The Morgan fingerprint density at radius 2 is 0.587 bits per heavy atom. The lowest BCUT2D eigenvalue weighted by Crippen LogP contribution is -2.41. The second kappa shape index (κ2) is 27.4. The Balaban J connectivity index is 0.000000122. The number of rotatable bonds is 10. The van der Waals surface area contributed by atoms with Crippen molar-refractivity contribution < 1.29 is 18.1 Å². The molecule has 0 amide bonds. The second-order valence-electron chi connectivity index (χ2n) is 26.8. The topological polar surface area (TPSA) is 122 Å². The van der Waals surface area contributed by atoms with E-state index in [-0.39, 0.29) is 11.2 Å². The fourth-order valence-corrected chi connectivity index (χ4v) is 13.8. The standard InChI is InChI=1S/C43H27N3O.C27H18ClN3.C22H21BO3/c1-3-13-29(14-4-1)41-44-42(30-15-5-2-6-16-30)46-43(45-41)34-20-10-18-32(27-34)31-17-9-19-33(26-31)36-22-11-23-37-39-35-21-8-7-12-28(35)24-25-38(39)47-40(36)37;28-24-16-8-14-22(18-24)21-13-7-15-23(17-21)27-30-25(19-9-3-1-4-10-19)29-26(31-27)20-11-5-2-6-12-20;1-21(2)22(3,4)26-23(25-21)17-11-7-10-16-19-15-9-6-5-8-14(15)12-13-18(19)24-20(16)17/h1-27H;1-18H;5-13H,1-4H3. The van der Waals surface area contributed by atoms with Crippen LogP contribution in [0.3, 0.4) is 0 Å². The van der Waals surface area contributed by atoms with Gasteiger partial charge < -0.3 is 18.1 Å². The molecule has 0 atom stereocenters. The van der Waals surface area contributed by atoms with Gasteiger partial charge in [0, 0.05) is 71.0 Å². The Morgan fingerprint density at radius 1 is 0.269 bits per heavy atom. The molecule has 1 fully saturated rings. The number of para-hydroxylation sites is 2. The van der Waals surface area contributed by atoms with Crippen molar-refractivity contribution in [2.24, 2.45) is 0 Å². The van der Waals surface area contributed by atoms with E-state index >= 15 is 0 Å². The van der Waals surface area contributed by atoms with Crippen molar-refractivity contribution in [1.29, 1.82) is 0 Å². The number of benzene rings is 14. The molecular formula is C92H66BClN6O4. The molecule has 14 aromatic carbocycles. The van der Waals surface area contributed by atoms with Crippen molar-refractivity contribution in [2.75, 3.05) is 0 Å². The van der Waals surface area contributed by atoms with Gasteiger partial charge in [-0.15, -0.1) is 0 Å². The van der Waals surface area contributed by atoms with Crippen LogP contribution in [0.1, 0.15) is 27.7 Å². The maximum Gasteiger partial charge on any atom is 0.498 e. The molecule has 0 radical (unpaired) electrons. The summed E-state index contributed by atoms with van der Waals surface area (Å²) in [6, 6.07) is 111. The Kier molecular flexibility index (Phi) is 17.1. The lowest BCUT2D eigenvalue weighted by molar-refractivity contribution is 0.00578. The lowest BCUT2D eigenvalue weighted by Gasteiger charge is -2.32. The van der Waals surface area contributed by atoms with Crippen LogP contribution >= 0.6 is 11.6 Å². The van der Waals surface area contributed by atoms with E-state index in [4.69, 9.17) is 59.6 Å². The third kappa shape index (κ3) is 12.7. The quantitative estimate of drug-likeness (QED) is 0.122. The molecule has 0 N–H and O–H groups in total. The minimum atomic E-state index is -0.435. The molecule has 1 aliphatic heterocycles. The summed E-state index contributed by atoms with van der Waals surface area (Å²) in [6.45, 7) is 8.27. The van der Waals surface area contributed by atoms with Crippen LogP contribution in [0.2, 0.25) is 5.02 Å². The zero-order valence-corrected chi connectivity index (χ0v) is 58.2. The molecule has 1 saturated heterocycles. The van der Waals surface area contributed by atoms with Gasteiger partial charge in [0.25, 0.3) is 0 Å². The largest absolute Gasteiger partial charge is 0.498 e. The van der Waals surface area contributed by atoms with Crippen LogP contribution in [0.15, 0.2) is 336 Å². The van der Waals surface area contributed by atoms with Crippen LogP contribution in [-0.4, -0.2) is 48.2 Å². The number of hydrogen-bond acceptors (Lipinski definition) is 10. The predicted octanol–water partition coefficient (Wildman–Crippen LogP) is 23.5. The normalized spacial score (nSPS) is 13.1. The van der Waals surface area contributed by atoms with Crippen molar-refractivity contribution in [1.82, 2.24) is 29.9 Å². The minimum absolute atomic E-state index is 0.376. The van der Waals surface area contributed by atoms with Crippen molar-refractivity contribution in [3.8, 4) is 102 Å². The zero-order chi connectivity index (χ0) is 70.3. The van der Waals surface area contributed by atoms with E-state index in [1.807, 2.05) is 170 Å². The monoisotopic (exact) mass is 1360 g/mol. The summed E-state index contributed by atoms with van der Waals surface area (Å²) in [5, 5.41) is 10.1. The number of nitrogens with zero attached hydrogens (tertiary/aromatic N) is 6. The van der Waals surface area contributed by atoms with Crippen molar-refractivity contribution in [2.45, 2.75) is 38.9 Å². The first-order valence-corrected chi connectivity index (χ1v) is 35.1. The highest BCUT2D eigenvalue weighted by atomic mass is 35.5. The van der Waals surface area contributed by atoms with Crippen LogP contribution in [0.25, 0.3) is 167 Å². The lowest BCUT2D eigenvalue weighted by atomic mass is 9.78. The molecule has 4 aromatic heterocycles. The van der Waals surface area contributed by atoms with Gasteiger partial charge in [0.15, 0.2) is 34.9 Å². The molecule has 5 heterocycles. The molecule has 0 unspecified atom stereocenters. The van der Waals surface area contributed by atoms with E-state index in [0.717, 1.165) is 116 Å². The summed E-state index contributed by atoms with van der Waals surface area (Å²) in [4.78, 5) is 29.1. The summed E-state index contributed by atoms with van der Waals surface area (Å²) >= 11 is 6.20.